The van der Waals surface area contributed by atoms with Gasteiger partial charge in [0.2, 0.25) is 0 Å². The molecule has 2 N–H and O–H groups in total. The second-order valence-corrected chi connectivity index (χ2v) is 4.77. The highest BCUT2D eigenvalue weighted by molar-refractivity contribution is 5.94. The van der Waals surface area contributed by atoms with Crippen molar-refractivity contribution in [1.82, 2.24) is 5.32 Å². The number of anilines is 1. The fourth-order valence-corrected chi connectivity index (χ4v) is 1.68. The maximum Gasteiger partial charge on any atom is 0.326 e. The molecule has 0 aromatic heterocycles. The van der Waals surface area contributed by atoms with E-state index in [0.29, 0.717) is 11.4 Å². The molecule has 1 aromatic rings. The first-order valence-corrected chi connectivity index (χ1v) is 6.28. The molecule has 0 saturated carbocycles. The molecule has 1 rings (SSSR count). The SMILES string of the molecule is COc1cccc(N(C)C(=O)N[C@H](C(=O)O)C(C)C)c1. The lowest BCUT2D eigenvalue weighted by molar-refractivity contribution is -0.140. The molecule has 0 unspecified atom stereocenters. The third kappa shape index (κ3) is 3.88. The number of benzene rings is 1. The Morgan fingerprint density at radius 2 is 2.00 bits per heavy atom. The Morgan fingerprint density at radius 3 is 2.50 bits per heavy atom. The van der Waals surface area contributed by atoms with E-state index in [9.17, 15) is 9.59 Å². The molecular formula is C14H20N2O4. The van der Waals surface area contributed by atoms with Gasteiger partial charge < -0.3 is 15.2 Å². The molecule has 1 atom stereocenters. The van der Waals surface area contributed by atoms with Crippen molar-refractivity contribution in [3.63, 3.8) is 0 Å². The minimum absolute atomic E-state index is 0.199. The van der Waals surface area contributed by atoms with Crippen molar-refractivity contribution in [2.24, 2.45) is 5.92 Å². The maximum atomic E-state index is 12.1. The topological polar surface area (TPSA) is 78.9 Å². The Bertz CT molecular complexity index is 488. The molecule has 0 heterocycles. The zero-order valence-corrected chi connectivity index (χ0v) is 12.1. The summed E-state index contributed by atoms with van der Waals surface area (Å²) in [5.41, 5.74) is 0.620. The number of methoxy groups -OCH3 is 1. The second kappa shape index (κ2) is 6.79. The average Bonchev–Trinajstić information content (AvgIpc) is 2.42. The molecule has 0 aliphatic carbocycles. The van der Waals surface area contributed by atoms with Crippen LogP contribution >= 0.6 is 0 Å². The highest BCUT2D eigenvalue weighted by Gasteiger charge is 2.25. The van der Waals surface area contributed by atoms with Gasteiger partial charge in [-0.3, -0.25) is 4.90 Å². The van der Waals surface area contributed by atoms with E-state index in [0.717, 1.165) is 0 Å². The van der Waals surface area contributed by atoms with Crippen LogP contribution in [0.5, 0.6) is 5.75 Å². The van der Waals surface area contributed by atoms with Gasteiger partial charge in [-0.05, 0) is 18.1 Å². The molecule has 0 aliphatic heterocycles. The average molecular weight is 280 g/mol. The molecule has 20 heavy (non-hydrogen) atoms. The standard InChI is InChI=1S/C14H20N2O4/c1-9(2)12(13(17)18)15-14(19)16(3)10-6-5-7-11(8-10)20-4/h5-9,12H,1-4H3,(H,15,19)(H,17,18)/t12-/m0/s1. The molecule has 6 heteroatoms. The van der Waals surface area contributed by atoms with Crippen LogP contribution in [-0.2, 0) is 4.79 Å². The zero-order valence-electron chi connectivity index (χ0n) is 12.1. The number of nitrogens with zero attached hydrogens (tertiary/aromatic N) is 1. The van der Waals surface area contributed by atoms with E-state index in [4.69, 9.17) is 9.84 Å². The highest BCUT2D eigenvalue weighted by atomic mass is 16.5. The van der Waals surface area contributed by atoms with Crippen molar-refractivity contribution in [1.29, 1.82) is 0 Å². The normalized spacial score (nSPS) is 11.8. The van der Waals surface area contributed by atoms with Gasteiger partial charge in [0.25, 0.3) is 0 Å². The number of hydrogen-bond acceptors (Lipinski definition) is 3. The number of amides is 2. The van der Waals surface area contributed by atoms with E-state index in [1.54, 1.807) is 52.3 Å². The molecule has 110 valence electrons. The fraction of sp³-hybridized carbons (Fsp3) is 0.429. The summed E-state index contributed by atoms with van der Waals surface area (Å²) in [6.07, 6.45) is 0. The van der Waals surface area contributed by atoms with Crippen molar-refractivity contribution >= 4 is 17.7 Å². The van der Waals surface area contributed by atoms with Gasteiger partial charge in [-0.1, -0.05) is 19.9 Å². The van der Waals surface area contributed by atoms with Crippen LogP contribution in [-0.4, -0.2) is 37.3 Å². The number of carbonyl (C=O) groups is 2. The second-order valence-electron chi connectivity index (χ2n) is 4.77. The largest absolute Gasteiger partial charge is 0.497 e. The first kappa shape index (κ1) is 15.8. The summed E-state index contributed by atoms with van der Waals surface area (Å²) >= 11 is 0. The predicted molar refractivity (Wildman–Crippen MR) is 76.2 cm³/mol. The molecule has 0 bridgehead atoms. The number of aliphatic carboxylic acids is 1. The maximum absolute atomic E-state index is 12.1. The number of ether oxygens (including phenoxy) is 1. The first-order chi connectivity index (χ1) is 9.36. The summed E-state index contributed by atoms with van der Waals surface area (Å²) in [7, 11) is 3.11. The number of carbonyl (C=O) groups excluding carboxylic acids is 1. The number of urea groups is 1. The van der Waals surface area contributed by atoms with Crippen LogP contribution in [0.15, 0.2) is 24.3 Å². The van der Waals surface area contributed by atoms with Gasteiger partial charge in [0, 0.05) is 18.8 Å². The molecule has 0 radical (unpaired) electrons. The summed E-state index contributed by atoms with van der Waals surface area (Å²) in [6, 6.07) is 5.58. The van der Waals surface area contributed by atoms with Gasteiger partial charge in [-0.25, -0.2) is 9.59 Å². The van der Waals surface area contributed by atoms with Crippen molar-refractivity contribution in [3.8, 4) is 5.75 Å². The van der Waals surface area contributed by atoms with Crippen LogP contribution in [0.1, 0.15) is 13.8 Å². The van der Waals surface area contributed by atoms with E-state index >= 15 is 0 Å². The lowest BCUT2D eigenvalue weighted by Gasteiger charge is -2.23. The van der Waals surface area contributed by atoms with Crippen molar-refractivity contribution in [2.75, 3.05) is 19.1 Å². The lowest BCUT2D eigenvalue weighted by Crippen LogP contribution is -2.49. The van der Waals surface area contributed by atoms with Gasteiger partial charge in [-0.15, -0.1) is 0 Å². The lowest BCUT2D eigenvalue weighted by atomic mass is 10.1. The van der Waals surface area contributed by atoms with Gasteiger partial charge in [0.1, 0.15) is 11.8 Å². The van der Waals surface area contributed by atoms with Gasteiger partial charge >= 0.3 is 12.0 Å². The molecular weight excluding hydrogens is 260 g/mol. The summed E-state index contributed by atoms with van der Waals surface area (Å²) in [5.74, 6) is -0.622. The van der Waals surface area contributed by atoms with E-state index in [1.165, 1.54) is 4.90 Å². The smallest absolute Gasteiger partial charge is 0.326 e. The third-order valence-corrected chi connectivity index (χ3v) is 2.96. The van der Waals surface area contributed by atoms with E-state index in [2.05, 4.69) is 5.32 Å². The van der Waals surface area contributed by atoms with Gasteiger partial charge in [0.15, 0.2) is 0 Å². The Labute approximate surface area is 118 Å². The third-order valence-electron chi connectivity index (χ3n) is 2.96. The monoisotopic (exact) mass is 280 g/mol. The number of hydrogen-bond donors (Lipinski definition) is 2. The minimum Gasteiger partial charge on any atom is -0.497 e. The first-order valence-electron chi connectivity index (χ1n) is 6.28. The summed E-state index contributed by atoms with van der Waals surface area (Å²) < 4.78 is 5.09. The number of nitrogens with one attached hydrogen (secondary N) is 1. The van der Waals surface area contributed by atoms with Crippen LogP contribution in [0.3, 0.4) is 0 Å². The molecule has 1 aromatic carbocycles. The Kier molecular flexibility index (Phi) is 5.37. The zero-order chi connectivity index (χ0) is 15.3. The Morgan fingerprint density at radius 1 is 1.35 bits per heavy atom. The molecule has 0 fully saturated rings. The summed E-state index contributed by atoms with van der Waals surface area (Å²) in [4.78, 5) is 24.5. The van der Waals surface area contributed by atoms with Gasteiger partial charge in [0.05, 0.1) is 7.11 Å². The van der Waals surface area contributed by atoms with Crippen LogP contribution in [0, 0.1) is 5.92 Å². The molecule has 0 saturated heterocycles. The molecule has 6 nitrogen and oxygen atoms in total. The Hall–Kier alpha value is -2.24. The quantitative estimate of drug-likeness (QED) is 0.864. The van der Waals surface area contributed by atoms with Gasteiger partial charge in [-0.2, -0.15) is 0 Å². The van der Waals surface area contributed by atoms with Crippen LogP contribution in [0.4, 0.5) is 10.5 Å². The number of rotatable bonds is 5. The molecule has 2 amide bonds. The molecule has 0 aliphatic rings. The van der Waals surface area contributed by atoms with Crippen molar-refractivity contribution < 1.29 is 19.4 Å². The van der Waals surface area contributed by atoms with Crippen molar-refractivity contribution in [2.45, 2.75) is 19.9 Å². The predicted octanol–water partition coefficient (Wildman–Crippen LogP) is 1.95. The van der Waals surface area contributed by atoms with E-state index < -0.39 is 18.0 Å². The van der Waals surface area contributed by atoms with Crippen LogP contribution in [0.25, 0.3) is 0 Å². The summed E-state index contributed by atoms with van der Waals surface area (Å²) in [5, 5.41) is 11.6. The fourth-order valence-electron chi connectivity index (χ4n) is 1.68. The number of carboxylic acids is 1. The minimum atomic E-state index is -1.05. The number of carboxylic acid groups (broad SMARTS) is 1. The van der Waals surface area contributed by atoms with Crippen LogP contribution < -0.4 is 15.0 Å². The van der Waals surface area contributed by atoms with E-state index in [1.807, 2.05) is 0 Å². The van der Waals surface area contributed by atoms with Crippen LogP contribution in [0.2, 0.25) is 0 Å². The highest BCUT2D eigenvalue weighted by Crippen LogP contribution is 2.20. The van der Waals surface area contributed by atoms with Crippen molar-refractivity contribution in [3.05, 3.63) is 24.3 Å². The van der Waals surface area contributed by atoms with E-state index in [-0.39, 0.29) is 5.92 Å². The molecule has 0 spiro atoms. The Balaban J connectivity index is 2.82. The summed E-state index contributed by atoms with van der Waals surface area (Å²) in [6.45, 7) is 3.48.